The monoisotopic (exact) mass is 270 g/mol. The van der Waals surface area contributed by atoms with E-state index >= 15 is 0 Å². The molecule has 0 aromatic rings. The van der Waals surface area contributed by atoms with Crippen LogP contribution in [-0.2, 0) is 4.74 Å². The highest BCUT2D eigenvalue weighted by molar-refractivity contribution is 5.25. The SMILES string of the molecule is CCOC1CC2CC1C1C3CC(C4C5C=CC(C5)C34)C21. The number of rotatable bonds is 2. The predicted molar refractivity (Wildman–Crippen MR) is 77.9 cm³/mol. The lowest BCUT2D eigenvalue weighted by molar-refractivity contribution is -0.0442. The molecule has 108 valence electrons. The van der Waals surface area contributed by atoms with Gasteiger partial charge in [-0.15, -0.1) is 0 Å². The van der Waals surface area contributed by atoms with E-state index in [2.05, 4.69) is 19.1 Å². The Bertz CT molecular complexity index is 482. The Morgan fingerprint density at radius 1 is 0.800 bits per heavy atom. The van der Waals surface area contributed by atoms with Crippen LogP contribution in [-0.4, -0.2) is 12.7 Å². The van der Waals surface area contributed by atoms with Gasteiger partial charge in [-0.25, -0.2) is 0 Å². The van der Waals surface area contributed by atoms with Gasteiger partial charge in [-0.05, 0) is 91.8 Å². The number of fused-ring (bicyclic) bond motifs is 16. The first kappa shape index (κ1) is 11.3. The van der Waals surface area contributed by atoms with E-state index < -0.39 is 0 Å². The summed E-state index contributed by atoms with van der Waals surface area (Å²) in [6.07, 6.45) is 11.9. The minimum atomic E-state index is 0.637. The highest BCUT2D eigenvalue weighted by atomic mass is 16.5. The first-order valence-electron chi connectivity index (χ1n) is 9.16. The molecule has 6 rings (SSSR count). The Labute approximate surface area is 122 Å². The summed E-state index contributed by atoms with van der Waals surface area (Å²) in [6, 6.07) is 0. The lowest BCUT2D eigenvalue weighted by Gasteiger charge is -2.45. The van der Waals surface area contributed by atoms with Crippen LogP contribution in [0.5, 0.6) is 0 Å². The average molecular weight is 270 g/mol. The summed E-state index contributed by atoms with van der Waals surface area (Å²) in [6.45, 7) is 3.11. The molecule has 5 saturated carbocycles. The molecule has 0 radical (unpaired) electrons. The largest absolute Gasteiger partial charge is 0.378 e. The van der Waals surface area contributed by atoms with Gasteiger partial charge in [0.05, 0.1) is 6.10 Å². The quantitative estimate of drug-likeness (QED) is 0.548. The van der Waals surface area contributed by atoms with Gasteiger partial charge in [0, 0.05) is 6.61 Å². The standard InChI is InChI=1S/C19H26O/c1-2-20-15-7-11-6-12(15)19-14-8-13(18(11)19)16-9-3-4-10(5-9)17(14)16/h3-4,9-19H,2,5-8H2,1H3. The topological polar surface area (TPSA) is 9.23 Å². The summed E-state index contributed by atoms with van der Waals surface area (Å²) in [5, 5.41) is 0. The molecule has 1 heteroatoms. The molecule has 0 aromatic heterocycles. The van der Waals surface area contributed by atoms with Crippen LogP contribution < -0.4 is 0 Å². The van der Waals surface area contributed by atoms with E-state index in [0.29, 0.717) is 6.10 Å². The maximum Gasteiger partial charge on any atom is 0.0608 e. The summed E-state index contributed by atoms with van der Waals surface area (Å²) in [5.41, 5.74) is 0. The van der Waals surface area contributed by atoms with Crippen molar-refractivity contribution in [1.82, 2.24) is 0 Å². The number of hydrogen-bond acceptors (Lipinski definition) is 1. The second-order valence-corrected chi connectivity index (χ2v) is 8.71. The van der Waals surface area contributed by atoms with Crippen LogP contribution in [0.25, 0.3) is 0 Å². The summed E-state index contributed by atoms with van der Waals surface area (Å²) >= 11 is 0. The van der Waals surface area contributed by atoms with Crippen molar-refractivity contribution in [3.63, 3.8) is 0 Å². The Morgan fingerprint density at radius 3 is 2.30 bits per heavy atom. The first-order chi connectivity index (χ1) is 9.86. The molecular weight excluding hydrogens is 244 g/mol. The van der Waals surface area contributed by atoms with Gasteiger partial charge in [-0.1, -0.05) is 12.2 Å². The van der Waals surface area contributed by atoms with E-state index in [1.54, 1.807) is 6.42 Å². The van der Waals surface area contributed by atoms with Crippen LogP contribution >= 0.6 is 0 Å². The molecule has 6 bridgehead atoms. The van der Waals surface area contributed by atoms with E-state index in [9.17, 15) is 0 Å². The van der Waals surface area contributed by atoms with Crippen LogP contribution in [0.3, 0.4) is 0 Å². The molecule has 0 amide bonds. The number of hydrogen-bond donors (Lipinski definition) is 0. The molecule has 20 heavy (non-hydrogen) atoms. The van der Waals surface area contributed by atoms with Crippen molar-refractivity contribution < 1.29 is 4.74 Å². The molecule has 0 N–H and O–H groups in total. The highest BCUT2D eigenvalue weighted by Crippen LogP contribution is 2.75. The van der Waals surface area contributed by atoms with Crippen molar-refractivity contribution in [3.05, 3.63) is 12.2 Å². The summed E-state index contributed by atoms with van der Waals surface area (Å²) < 4.78 is 6.11. The van der Waals surface area contributed by atoms with Crippen molar-refractivity contribution in [2.75, 3.05) is 6.61 Å². The van der Waals surface area contributed by atoms with Gasteiger partial charge in [0.1, 0.15) is 0 Å². The van der Waals surface area contributed by atoms with Gasteiger partial charge in [0.15, 0.2) is 0 Å². The molecule has 0 spiro atoms. The summed E-state index contributed by atoms with van der Waals surface area (Å²) in [5.74, 6) is 10.6. The molecule has 6 aliphatic carbocycles. The Balaban J connectivity index is 1.37. The lowest BCUT2D eigenvalue weighted by atomic mass is 9.60. The smallest absolute Gasteiger partial charge is 0.0608 e. The van der Waals surface area contributed by atoms with Crippen molar-refractivity contribution in [1.29, 1.82) is 0 Å². The van der Waals surface area contributed by atoms with Gasteiger partial charge in [-0.3, -0.25) is 0 Å². The molecule has 6 aliphatic rings. The van der Waals surface area contributed by atoms with Gasteiger partial charge >= 0.3 is 0 Å². The van der Waals surface area contributed by atoms with Gasteiger partial charge in [0.2, 0.25) is 0 Å². The molecule has 0 heterocycles. The third-order valence-corrected chi connectivity index (χ3v) is 8.56. The summed E-state index contributed by atoms with van der Waals surface area (Å²) in [7, 11) is 0. The normalized spacial score (nSPS) is 67.2. The minimum Gasteiger partial charge on any atom is -0.378 e. The number of allylic oxidation sites excluding steroid dienone is 2. The molecule has 5 fully saturated rings. The molecule has 0 aliphatic heterocycles. The zero-order valence-corrected chi connectivity index (χ0v) is 12.4. The second kappa shape index (κ2) is 3.54. The van der Waals surface area contributed by atoms with Gasteiger partial charge < -0.3 is 4.74 Å². The fraction of sp³-hybridized carbons (Fsp3) is 0.895. The average Bonchev–Trinajstić information content (AvgIpc) is 3.23. The molecule has 11 unspecified atom stereocenters. The lowest BCUT2D eigenvalue weighted by Crippen LogP contribution is -2.43. The van der Waals surface area contributed by atoms with Gasteiger partial charge in [-0.2, -0.15) is 0 Å². The molecule has 0 aromatic carbocycles. The zero-order valence-electron chi connectivity index (χ0n) is 12.4. The third kappa shape index (κ3) is 1.08. The molecular formula is C19H26O. The second-order valence-electron chi connectivity index (χ2n) is 8.71. The molecule has 11 atom stereocenters. The Kier molecular flexibility index (Phi) is 2.00. The first-order valence-corrected chi connectivity index (χ1v) is 9.16. The zero-order chi connectivity index (χ0) is 13.0. The minimum absolute atomic E-state index is 0.637. The van der Waals surface area contributed by atoms with E-state index in [1.807, 2.05) is 0 Å². The van der Waals surface area contributed by atoms with Crippen LogP contribution in [0.1, 0.15) is 32.6 Å². The van der Waals surface area contributed by atoms with Crippen molar-refractivity contribution in [2.45, 2.75) is 38.7 Å². The van der Waals surface area contributed by atoms with Crippen LogP contribution in [0.2, 0.25) is 0 Å². The van der Waals surface area contributed by atoms with Crippen LogP contribution in [0.4, 0.5) is 0 Å². The van der Waals surface area contributed by atoms with Crippen LogP contribution in [0, 0.1) is 59.2 Å². The van der Waals surface area contributed by atoms with Crippen molar-refractivity contribution in [3.8, 4) is 0 Å². The van der Waals surface area contributed by atoms with Crippen molar-refractivity contribution in [2.24, 2.45) is 59.2 Å². The third-order valence-electron chi connectivity index (χ3n) is 8.56. The van der Waals surface area contributed by atoms with Gasteiger partial charge in [0.25, 0.3) is 0 Å². The number of ether oxygens (including phenoxy) is 1. The predicted octanol–water partition coefficient (Wildman–Crippen LogP) is 3.75. The highest BCUT2D eigenvalue weighted by Gasteiger charge is 2.71. The fourth-order valence-electron chi connectivity index (χ4n) is 8.59. The maximum absolute atomic E-state index is 6.11. The molecule has 1 nitrogen and oxygen atoms in total. The fourth-order valence-corrected chi connectivity index (χ4v) is 8.59. The Morgan fingerprint density at radius 2 is 1.55 bits per heavy atom. The van der Waals surface area contributed by atoms with E-state index in [4.69, 9.17) is 4.74 Å². The Hall–Kier alpha value is -0.300. The summed E-state index contributed by atoms with van der Waals surface area (Å²) in [4.78, 5) is 0. The van der Waals surface area contributed by atoms with E-state index in [-0.39, 0.29) is 0 Å². The van der Waals surface area contributed by atoms with E-state index in [0.717, 1.165) is 65.8 Å². The molecule has 0 saturated heterocycles. The van der Waals surface area contributed by atoms with Crippen LogP contribution in [0.15, 0.2) is 12.2 Å². The van der Waals surface area contributed by atoms with E-state index in [1.165, 1.54) is 19.3 Å². The van der Waals surface area contributed by atoms with Crippen molar-refractivity contribution >= 4 is 0 Å². The maximum atomic E-state index is 6.11.